The van der Waals surface area contributed by atoms with E-state index in [4.69, 9.17) is 25.8 Å². The summed E-state index contributed by atoms with van der Waals surface area (Å²) in [5.74, 6) is 1.65. The van der Waals surface area contributed by atoms with Gasteiger partial charge in [-0.2, -0.15) is 0 Å². The van der Waals surface area contributed by atoms with Crippen LogP contribution in [0.3, 0.4) is 0 Å². The van der Waals surface area contributed by atoms with Crippen molar-refractivity contribution in [1.29, 1.82) is 0 Å². The van der Waals surface area contributed by atoms with Crippen molar-refractivity contribution < 1.29 is 14.2 Å². The molecule has 94 valence electrons. The van der Waals surface area contributed by atoms with Gasteiger partial charge in [0.15, 0.2) is 0 Å². The molecule has 0 saturated heterocycles. The molecule has 0 spiro atoms. The molecule has 3 nitrogen and oxygen atoms in total. The second kappa shape index (κ2) is 5.61. The molecule has 1 aromatic carbocycles. The van der Waals surface area contributed by atoms with E-state index < -0.39 is 0 Å². The summed E-state index contributed by atoms with van der Waals surface area (Å²) in [4.78, 5) is 0. The van der Waals surface area contributed by atoms with Crippen LogP contribution in [0, 0.1) is 0 Å². The summed E-state index contributed by atoms with van der Waals surface area (Å²) < 4.78 is 16.4. The number of hydrogen-bond acceptors (Lipinski definition) is 3. The van der Waals surface area contributed by atoms with Crippen molar-refractivity contribution in [3.8, 4) is 11.5 Å². The van der Waals surface area contributed by atoms with Crippen LogP contribution in [0.1, 0.15) is 13.3 Å². The Morgan fingerprint density at radius 1 is 1.24 bits per heavy atom. The lowest BCUT2D eigenvalue weighted by Gasteiger charge is -2.40. The average Bonchev–Trinajstić information content (AvgIpc) is 2.36. The van der Waals surface area contributed by atoms with Crippen LogP contribution in [-0.4, -0.2) is 31.3 Å². The Kier molecular flexibility index (Phi) is 4.13. The Bertz CT molecular complexity index is 352. The predicted octanol–water partition coefficient (Wildman–Crippen LogP) is 2.86. The molecule has 0 aliphatic heterocycles. The predicted molar refractivity (Wildman–Crippen MR) is 67.1 cm³/mol. The maximum absolute atomic E-state index is 6.08. The quantitative estimate of drug-likeness (QED) is 0.759. The summed E-state index contributed by atoms with van der Waals surface area (Å²) in [5.41, 5.74) is 0. The highest BCUT2D eigenvalue weighted by atomic mass is 35.5. The van der Waals surface area contributed by atoms with E-state index in [0.29, 0.717) is 6.61 Å². The molecule has 1 aromatic rings. The Morgan fingerprint density at radius 3 is 2.41 bits per heavy atom. The van der Waals surface area contributed by atoms with E-state index in [1.165, 1.54) is 0 Å². The monoisotopic (exact) mass is 256 g/mol. The molecule has 1 saturated carbocycles. The number of halogens is 1. The van der Waals surface area contributed by atoms with Gasteiger partial charge in [0, 0.05) is 13.0 Å². The molecule has 0 bridgehead atoms. The molecular weight excluding hydrogens is 240 g/mol. The van der Waals surface area contributed by atoms with E-state index in [1.54, 1.807) is 7.11 Å². The Hall–Kier alpha value is -0.930. The molecule has 0 aromatic heterocycles. The average molecular weight is 257 g/mol. The first-order valence-electron chi connectivity index (χ1n) is 5.81. The van der Waals surface area contributed by atoms with Crippen molar-refractivity contribution in [1.82, 2.24) is 0 Å². The molecule has 1 aliphatic rings. The van der Waals surface area contributed by atoms with E-state index >= 15 is 0 Å². The van der Waals surface area contributed by atoms with Gasteiger partial charge in [-0.25, -0.2) is 0 Å². The van der Waals surface area contributed by atoms with Gasteiger partial charge >= 0.3 is 0 Å². The SMILES string of the molecule is CCOC1C(Cl)CC1Oc1ccc(OC)cc1. The normalized spacial score (nSPS) is 27.4. The van der Waals surface area contributed by atoms with Gasteiger partial charge in [0.25, 0.3) is 0 Å². The van der Waals surface area contributed by atoms with Crippen LogP contribution in [0.5, 0.6) is 11.5 Å². The third kappa shape index (κ3) is 2.85. The van der Waals surface area contributed by atoms with Crippen molar-refractivity contribution in [3.63, 3.8) is 0 Å². The molecule has 3 unspecified atom stereocenters. The first-order valence-corrected chi connectivity index (χ1v) is 6.24. The summed E-state index contributed by atoms with van der Waals surface area (Å²) >= 11 is 6.08. The van der Waals surface area contributed by atoms with Crippen LogP contribution >= 0.6 is 11.6 Å². The van der Waals surface area contributed by atoms with Gasteiger partial charge in [0.05, 0.1) is 12.5 Å². The van der Waals surface area contributed by atoms with Crippen LogP contribution in [-0.2, 0) is 4.74 Å². The highest BCUT2D eigenvalue weighted by molar-refractivity contribution is 6.21. The summed E-state index contributed by atoms with van der Waals surface area (Å²) in [6.07, 6.45) is 0.896. The molecule has 1 fully saturated rings. The molecule has 0 N–H and O–H groups in total. The molecular formula is C13H17ClO3. The standard InChI is InChI=1S/C13H17ClO3/c1-3-16-13-11(14)8-12(13)17-10-6-4-9(15-2)5-7-10/h4-7,11-13H,3,8H2,1-2H3. The zero-order valence-electron chi connectivity index (χ0n) is 10.1. The molecule has 0 amide bonds. The van der Waals surface area contributed by atoms with Crippen molar-refractivity contribution in [2.24, 2.45) is 0 Å². The summed E-state index contributed by atoms with van der Waals surface area (Å²) in [7, 11) is 1.64. The van der Waals surface area contributed by atoms with Crippen LogP contribution in [0.25, 0.3) is 0 Å². The number of hydrogen-bond donors (Lipinski definition) is 0. The van der Waals surface area contributed by atoms with Gasteiger partial charge in [-0.1, -0.05) is 0 Å². The molecule has 1 aliphatic carbocycles. The minimum Gasteiger partial charge on any atom is -0.497 e. The van der Waals surface area contributed by atoms with E-state index in [2.05, 4.69) is 0 Å². The second-order valence-electron chi connectivity index (χ2n) is 4.00. The smallest absolute Gasteiger partial charge is 0.128 e. The minimum absolute atomic E-state index is 0.00349. The van der Waals surface area contributed by atoms with Gasteiger partial charge < -0.3 is 14.2 Å². The van der Waals surface area contributed by atoms with Gasteiger partial charge in [-0.05, 0) is 31.2 Å². The fraction of sp³-hybridized carbons (Fsp3) is 0.538. The van der Waals surface area contributed by atoms with E-state index in [1.807, 2.05) is 31.2 Å². The van der Waals surface area contributed by atoms with E-state index in [-0.39, 0.29) is 17.6 Å². The highest BCUT2D eigenvalue weighted by Crippen LogP contribution is 2.33. The van der Waals surface area contributed by atoms with E-state index in [0.717, 1.165) is 17.9 Å². The second-order valence-corrected chi connectivity index (χ2v) is 4.56. The van der Waals surface area contributed by atoms with Crippen molar-refractivity contribution in [2.75, 3.05) is 13.7 Å². The Morgan fingerprint density at radius 2 is 1.88 bits per heavy atom. The number of benzene rings is 1. The molecule has 0 heterocycles. The molecule has 17 heavy (non-hydrogen) atoms. The number of methoxy groups -OCH3 is 1. The third-order valence-corrected chi connectivity index (χ3v) is 3.31. The maximum atomic E-state index is 6.08. The van der Waals surface area contributed by atoms with Crippen LogP contribution < -0.4 is 9.47 Å². The van der Waals surface area contributed by atoms with Gasteiger partial charge in [0.2, 0.25) is 0 Å². The van der Waals surface area contributed by atoms with Gasteiger partial charge in [0.1, 0.15) is 23.7 Å². The zero-order chi connectivity index (χ0) is 12.3. The highest BCUT2D eigenvalue weighted by Gasteiger charge is 2.42. The van der Waals surface area contributed by atoms with Crippen LogP contribution in [0.15, 0.2) is 24.3 Å². The Labute approximate surface area is 107 Å². The number of ether oxygens (including phenoxy) is 3. The topological polar surface area (TPSA) is 27.7 Å². The molecule has 2 rings (SSSR count). The number of rotatable bonds is 5. The largest absolute Gasteiger partial charge is 0.497 e. The number of alkyl halides is 1. The summed E-state index contributed by atoms with van der Waals surface area (Å²) in [5, 5.41) is 0.0678. The maximum Gasteiger partial charge on any atom is 0.128 e. The molecule has 3 atom stereocenters. The lowest BCUT2D eigenvalue weighted by Crippen LogP contribution is -2.52. The summed E-state index contributed by atoms with van der Waals surface area (Å²) in [6.45, 7) is 2.63. The van der Waals surface area contributed by atoms with Crippen LogP contribution in [0.2, 0.25) is 0 Å². The lowest BCUT2D eigenvalue weighted by atomic mass is 9.91. The first-order chi connectivity index (χ1) is 8.24. The minimum atomic E-state index is 0.00349. The van der Waals surface area contributed by atoms with Crippen LogP contribution in [0.4, 0.5) is 0 Å². The van der Waals surface area contributed by atoms with Gasteiger partial charge in [-0.3, -0.25) is 0 Å². The molecule has 4 heteroatoms. The first kappa shape index (κ1) is 12.5. The zero-order valence-corrected chi connectivity index (χ0v) is 10.8. The third-order valence-electron chi connectivity index (χ3n) is 2.89. The molecule has 0 radical (unpaired) electrons. The fourth-order valence-corrected chi connectivity index (χ4v) is 2.29. The van der Waals surface area contributed by atoms with Crippen molar-refractivity contribution >= 4 is 11.6 Å². The Balaban J connectivity index is 1.92. The fourth-order valence-electron chi connectivity index (χ4n) is 1.88. The lowest BCUT2D eigenvalue weighted by molar-refractivity contribution is -0.0759. The van der Waals surface area contributed by atoms with Crippen molar-refractivity contribution in [3.05, 3.63) is 24.3 Å². The van der Waals surface area contributed by atoms with E-state index in [9.17, 15) is 0 Å². The summed E-state index contributed by atoms with van der Waals surface area (Å²) in [6, 6.07) is 7.54. The van der Waals surface area contributed by atoms with Gasteiger partial charge in [-0.15, -0.1) is 11.6 Å². The van der Waals surface area contributed by atoms with Crippen molar-refractivity contribution in [2.45, 2.75) is 30.9 Å².